The van der Waals surface area contributed by atoms with E-state index in [2.05, 4.69) is 11.9 Å². The summed E-state index contributed by atoms with van der Waals surface area (Å²) in [6.07, 6.45) is 0.856. The molecule has 3 rings (SSSR count). The van der Waals surface area contributed by atoms with Crippen molar-refractivity contribution in [3.8, 4) is 17.2 Å². The van der Waals surface area contributed by atoms with Crippen molar-refractivity contribution in [2.45, 2.75) is 19.4 Å². The Morgan fingerprint density at radius 3 is 2.46 bits per heavy atom. The van der Waals surface area contributed by atoms with Crippen LogP contribution in [0.25, 0.3) is 0 Å². The Bertz CT molecular complexity index is 839. The second-order valence-corrected chi connectivity index (χ2v) is 7.16. The first-order valence-electron chi connectivity index (χ1n) is 9.09. The maximum absolute atomic E-state index is 12.9. The van der Waals surface area contributed by atoms with Crippen LogP contribution < -0.4 is 14.2 Å². The monoisotopic (exact) mass is 400 g/mol. The molecular formula is C21H24N2O4S. The van der Waals surface area contributed by atoms with Crippen LogP contribution in [0.2, 0.25) is 0 Å². The molecular weight excluding hydrogens is 376 g/mol. The molecule has 0 aliphatic carbocycles. The molecule has 1 saturated heterocycles. The van der Waals surface area contributed by atoms with E-state index in [4.69, 9.17) is 14.2 Å². The second kappa shape index (κ2) is 9.50. The number of hydrogen-bond donors (Lipinski definition) is 0. The molecule has 7 heteroatoms. The Balaban J connectivity index is 1.75. The van der Waals surface area contributed by atoms with Crippen LogP contribution in [0.3, 0.4) is 0 Å². The fourth-order valence-electron chi connectivity index (χ4n) is 2.88. The van der Waals surface area contributed by atoms with Crippen molar-refractivity contribution in [2.24, 2.45) is 4.99 Å². The quantitative estimate of drug-likeness (QED) is 0.700. The lowest BCUT2D eigenvalue weighted by Crippen LogP contribution is -2.41. The summed E-state index contributed by atoms with van der Waals surface area (Å²) in [7, 11) is 3.20. The number of carbonyl (C=O) groups is 1. The van der Waals surface area contributed by atoms with Crippen LogP contribution in [0.1, 0.15) is 13.3 Å². The number of rotatable bonds is 7. The molecule has 0 spiro atoms. The van der Waals surface area contributed by atoms with E-state index in [0.717, 1.165) is 23.6 Å². The number of nitrogens with zero attached hydrogens (tertiary/aromatic N) is 2. The van der Waals surface area contributed by atoms with Gasteiger partial charge in [0.1, 0.15) is 5.75 Å². The first kappa shape index (κ1) is 20.1. The lowest BCUT2D eigenvalue weighted by molar-refractivity contribution is -0.130. The van der Waals surface area contributed by atoms with Gasteiger partial charge in [0.25, 0.3) is 5.91 Å². The predicted octanol–water partition coefficient (Wildman–Crippen LogP) is 4.12. The van der Waals surface area contributed by atoms with Crippen LogP contribution in [0.5, 0.6) is 17.2 Å². The number of benzene rings is 2. The molecule has 0 saturated carbocycles. The average Bonchev–Trinajstić information content (AvgIpc) is 3.15. The molecule has 1 fully saturated rings. The van der Waals surface area contributed by atoms with E-state index < -0.39 is 0 Å². The molecule has 0 aromatic heterocycles. The highest BCUT2D eigenvalue weighted by molar-refractivity contribution is 8.14. The average molecular weight is 401 g/mol. The fraction of sp³-hybridized carbons (Fsp3) is 0.333. The van der Waals surface area contributed by atoms with Gasteiger partial charge in [0.05, 0.1) is 19.9 Å². The van der Waals surface area contributed by atoms with Crippen molar-refractivity contribution in [3.63, 3.8) is 0 Å². The standard InChI is InChI=1S/C21H24N2O4S/c1-4-16-14-28-21(22-15-9-11-17(25-2)12-10-15)23(16)20(24)13-27-19-8-6-5-7-18(19)26-3/h5-12,16H,4,13-14H2,1-3H3/t16-/m1/s1. The number of aliphatic imine (C=N–C) groups is 1. The van der Waals surface area contributed by atoms with Crippen LogP contribution in [-0.2, 0) is 4.79 Å². The predicted molar refractivity (Wildman–Crippen MR) is 112 cm³/mol. The molecule has 0 bridgehead atoms. The highest BCUT2D eigenvalue weighted by Crippen LogP contribution is 2.30. The fourth-order valence-corrected chi connectivity index (χ4v) is 4.17. The molecule has 1 aliphatic rings. The van der Waals surface area contributed by atoms with Crippen molar-refractivity contribution in [1.29, 1.82) is 0 Å². The Kier molecular flexibility index (Phi) is 6.81. The lowest BCUT2D eigenvalue weighted by Gasteiger charge is -2.23. The van der Waals surface area contributed by atoms with Gasteiger partial charge in [-0.25, -0.2) is 4.99 Å². The second-order valence-electron chi connectivity index (χ2n) is 6.17. The van der Waals surface area contributed by atoms with Crippen LogP contribution in [0.4, 0.5) is 5.69 Å². The normalized spacial score (nSPS) is 17.6. The van der Waals surface area contributed by atoms with E-state index in [1.54, 1.807) is 43.0 Å². The van der Waals surface area contributed by atoms with E-state index in [-0.39, 0.29) is 18.6 Å². The largest absolute Gasteiger partial charge is 0.497 e. The zero-order valence-electron chi connectivity index (χ0n) is 16.3. The molecule has 2 aromatic carbocycles. The summed E-state index contributed by atoms with van der Waals surface area (Å²) in [6, 6.07) is 14.9. The number of amidine groups is 1. The number of hydrogen-bond acceptors (Lipinski definition) is 6. The zero-order valence-corrected chi connectivity index (χ0v) is 17.1. The molecule has 0 radical (unpaired) electrons. The van der Waals surface area contributed by atoms with Gasteiger partial charge in [-0.3, -0.25) is 9.69 Å². The molecule has 1 heterocycles. The highest BCUT2D eigenvalue weighted by atomic mass is 32.2. The van der Waals surface area contributed by atoms with E-state index in [1.807, 2.05) is 36.4 Å². The molecule has 28 heavy (non-hydrogen) atoms. The van der Waals surface area contributed by atoms with Gasteiger partial charge in [0.2, 0.25) is 0 Å². The van der Waals surface area contributed by atoms with Gasteiger partial charge in [-0.15, -0.1) is 0 Å². The Labute approximate surface area is 169 Å². The molecule has 0 N–H and O–H groups in total. The summed E-state index contributed by atoms with van der Waals surface area (Å²) in [5.41, 5.74) is 0.781. The van der Waals surface area contributed by atoms with E-state index in [9.17, 15) is 4.79 Å². The van der Waals surface area contributed by atoms with Crippen LogP contribution >= 0.6 is 11.8 Å². The molecule has 148 valence electrons. The number of carbonyl (C=O) groups excluding carboxylic acids is 1. The van der Waals surface area contributed by atoms with Crippen LogP contribution in [0.15, 0.2) is 53.5 Å². The van der Waals surface area contributed by atoms with Gasteiger partial charge in [-0.05, 0) is 42.8 Å². The number of amides is 1. The number of methoxy groups -OCH3 is 2. The number of thioether (sulfide) groups is 1. The van der Waals surface area contributed by atoms with Crippen molar-refractivity contribution < 1.29 is 19.0 Å². The van der Waals surface area contributed by atoms with Gasteiger partial charge in [-0.1, -0.05) is 30.8 Å². The number of ether oxygens (including phenoxy) is 3. The van der Waals surface area contributed by atoms with E-state index in [1.165, 1.54) is 0 Å². The summed E-state index contributed by atoms with van der Waals surface area (Å²) >= 11 is 1.59. The van der Waals surface area contributed by atoms with Crippen molar-refractivity contribution in [3.05, 3.63) is 48.5 Å². The minimum atomic E-state index is -0.116. The lowest BCUT2D eigenvalue weighted by atomic mass is 10.2. The zero-order chi connectivity index (χ0) is 19.9. The highest BCUT2D eigenvalue weighted by Gasteiger charge is 2.34. The molecule has 2 aromatic rings. The molecule has 1 aliphatic heterocycles. The Hall–Kier alpha value is -2.67. The molecule has 1 amide bonds. The molecule has 1 atom stereocenters. The van der Waals surface area contributed by atoms with Gasteiger partial charge in [0.15, 0.2) is 23.3 Å². The third-order valence-electron chi connectivity index (χ3n) is 4.43. The van der Waals surface area contributed by atoms with Crippen LogP contribution in [-0.4, -0.2) is 48.6 Å². The van der Waals surface area contributed by atoms with Gasteiger partial charge >= 0.3 is 0 Å². The van der Waals surface area contributed by atoms with Crippen molar-refractivity contribution in [1.82, 2.24) is 4.90 Å². The first-order chi connectivity index (χ1) is 13.7. The van der Waals surface area contributed by atoms with Crippen molar-refractivity contribution >= 4 is 28.5 Å². The topological polar surface area (TPSA) is 60.4 Å². The minimum Gasteiger partial charge on any atom is -0.497 e. The van der Waals surface area contributed by atoms with Gasteiger partial charge < -0.3 is 14.2 Å². The Morgan fingerprint density at radius 1 is 1.11 bits per heavy atom. The van der Waals surface area contributed by atoms with Gasteiger partial charge in [0, 0.05) is 11.8 Å². The summed E-state index contributed by atoms with van der Waals surface area (Å²) in [6.45, 7) is 2.00. The first-order valence-corrected chi connectivity index (χ1v) is 10.1. The Morgan fingerprint density at radius 2 is 1.82 bits per heavy atom. The maximum atomic E-state index is 12.9. The van der Waals surface area contributed by atoms with Crippen molar-refractivity contribution in [2.75, 3.05) is 26.6 Å². The summed E-state index contributed by atoms with van der Waals surface area (Å²) < 4.78 is 16.2. The van der Waals surface area contributed by atoms with Gasteiger partial charge in [-0.2, -0.15) is 0 Å². The SMILES string of the molecule is CC[C@@H]1CSC(=Nc2ccc(OC)cc2)N1C(=O)COc1ccccc1OC. The summed E-state index contributed by atoms with van der Waals surface area (Å²) in [5, 5.41) is 0.700. The van der Waals surface area contributed by atoms with Crippen LogP contribution in [0, 0.1) is 0 Å². The summed E-state index contributed by atoms with van der Waals surface area (Å²) in [4.78, 5) is 19.4. The minimum absolute atomic E-state index is 0.0704. The maximum Gasteiger partial charge on any atom is 0.266 e. The number of para-hydroxylation sites is 2. The van der Waals surface area contributed by atoms with E-state index >= 15 is 0 Å². The molecule has 6 nitrogen and oxygen atoms in total. The van der Waals surface area contributed by atoms with E-state index in [0.29, 0.717) is 16.7 Å². The third-order valence-corrected chi connectivity index (χ3v) is 5.53. The summed E-state index contributed by atoms with van der Waals surface area (Å²) in [5.74, 6) is 2.63. The third kappa shape index (κ3) is 4.59. The smallest absolute Gasteiger partial charge is 0.266 e. The molecule has 0 unspecified atom stereocenters.